The smallest absolute Gasteiger partial charge is 0.214 e. The highest BCUT2D eigenvalue weighted by molar-refractivity contribution is 7.71. The van der Waals surface area contributed by atoms with E-state index in [2.05, 4.69) is 15.6 Å². The predicted octanol–water partition coefficient (Wildman–Crippen LogP) is 2.08. The van der Waals surface area contributed by atoms with Crippen LogP contribution in [-0.2, 0) is 6.54 Å². The molecule has 0 amide bonds. The van der Waals surface area contributed by atoms with Gasteiger partial charge in [-0.3, -0.25) is 5.10 Å². The Hall–Kier alpha value is -1.82. The number of nitrogens with one attached hydrogen (secondary N) is 2. The van der Waals surface area contributed by atoms with Crippen molar-refractivity contribution in [2.24, 2.45) is 0 Å². The molecule has 0 unspecified atom stereocenters. The molecule has 5 nitrogen and oxygen atoms in total. The van der Waals surface area contributed by atoms with Crippen LogP contribution in [0, 0.1) is 4.77 Å². The van der Waals surface area contributed by atoms with Gasteiger partial charge in [0.1, 0.15) is 12.1 Å². The standard InChI is InChI=1S/C11H14N4OS/c1-2-16-10-5-3-4-9(6-10)7-13-15-8-12-14-11(15)17/h3-6,8,13H,2,7H2,1H3,(H,14,17). The number of rotatable bonds is 5. The molecule has 0 spiro atoms. The maximum atomic E-state index is 5.43. The fourth-order valence-corrected chi connectivity index (χ4v) is 1.61. The van der Waals surface area contributed by atoms with Gasteiger partial charge in [0.15, 0.2) is 0 Å². The molecule has 6 heteroatoms. The van der Waals surface area contributed by atoms with Crippen molar-refractivity contribution < 1.29 is 4.74 Å². The van der Waals surface area contributed by atoms with E-state index in [9.17, 15) is 0 Å². The molecule has 0 aliphatic heterocycles. The number of hydrogen-bond donors (Lipinski definition) is 2. The Kier molecular flexibility index (Phi) is 3.77. The molecule has 90 valence electrons. The van der Waals surface area contributed by atoms with Crippen molar-refractivity contribution in [1.82, 2.24) is 14.9 Å². The van der Waals surface area contributed by atoms with Gasteiger partial charge in [0.25, 0.3) is 0 Å². The van der Waals surface area contributed by atoms with E-state index in [0.717, 1.165) is 11.3 Å². The van der Waals surface area contributed by atoms with Crippen LogP contribution in [-0.4, -0.2) is 21.5 Å². The molecule has 2 rings (SSSR count). The van der Waals surface area contributed by atoms with Crippen LogP contribution in [0.2, 0.25) is 0 Å². The van der Waals surface area contributed by atoms with E-state index in [1.54, 1.807) is 11.0 Å². The fourth-order valence-electron chi connectivity index (χ4n) is 1.45. The first-order chi connectivity index (χ1) is 8.29. The summed E-state index contributed by atoms with van der Waals surface area (Å²) < 4.78 is 7.65. The van der Waals surface area contributed by atoms with E-state index in [-0.39, 0.29) is 0 Å². The van der Waals surface area contributed by atoms with Crippen molar-refractivity contribution >= 4 is 12.2 Å². The quantitative estimate of drug-likeness (QED) is 0.798. The molecule has 2 N–H and O–H groups in total. The lowest BCUT2D eigenvalue weighted by atomic mass is 10.2. The first kappa shape index (κ1) is 11.7. The van der Waals surface area contributed by atoms with Crippen LogP contribution in [0.3, 0.4) is 0 Å². The molecule has 0 bridgehead atoms. The Balaban J connectivity index is 2.01. The molecule has 1 aromatic carbocycles. The largest absolute Gasteiger partial charge is 0.494 e. The Morgan fingerprint density at radius 2 is 2.41 bits per heavy atom. The molecular weight excluding hydrogens is 236 g/mol. The number of aromatic nitrogens is 3. The Labute approximate surface area is 104 Å². The van der Waals surface area contributed by atoms with Crippen LogP contribution < -0.4 is 10.2 Å². The number of benzene rings is 1. The number of nitrogens with zero attached hydrogens (tertiary/aromatic N) is 2. The van der Waals surface area contributed by atoms with Crippen LogP contribution in [0.1, 0.15) is 12.5 Å². The summed E-state index contributed by atoms with van der Waals surface area (Å²) in [5, 5.41) is 6.50. The van der Waals surface area contributed by atoms with Gasteiger partial charge in [-0.1, -0.05) is 12.1 Å². The number of hydrogen-bond acceptors (Lipinski definition) is 4. The molecule has 0 atom stereocenters. The third kappa shape index (κ3) is 3.07. The zero-order valence-electron chi connectivity index (χ0n) is 9.51. The SMILES string of the molecule is CCOc1cccc(CNn2cn[nH]c2=S)c1. The molecule has 0 aliphatic carbocycles. The Bertz CT molecular complexity index is 534. The molecule has 1 aromatic heterocycles. The average molecular weight is 250 g/mol. The fraction of sp³-hybridized carbons (Fsp3) is 0.273. The zero-order valence-corrected chi connectivity index (χ0v) is 10.3. The lowest BCUT2D eigenvalue weighted by Gasteiger charge is -2.08. The van der Waals surface area contributed by atoms with Gasteiger partial charge in [-0.05, 0) is 36.8 Å². The summed E-state index contributed by atoms with van der Waals surface area (Å²) in [7, 11) is 0. The molecule has 17 heavy (non-hydrogen) atoms. The highest BCUT2D eigenvalue weighted by Gasteiger charge is 1.97. The first-order valence-corrected chi connectivity index (χ1v) is 5.78. The highest BCUT2D eigenvalue weighted by atomic mass is 32.1. The first-order valence-electron chi connectivity index (χ1n) is 5.37. The van der Waals surface area contributed by atoms with Crippen LogP contribution in [0.5, 0.6) is 5.75 Å². The lowest BCUT2D eigenvalue weighted by molar-refractivity contribution is 0.340. The van der Waals surface area contributed by atoms with Gasteiger partial charge >= 0.3 is 0 Å². The molecular formula is C11H14N4OS. The summed E-state index contributed by atoms with van der Waals surface area (Å²) in [6.07, 6.45) is 1.61. The Morgan fingerprint density at radius 3 is 3.12 bits per heavy atom. The van der Waals surface area contributed by atoms with Crippen molar-refractivity contribution in [2.75, 3.05) is 12.0 Å². The van der Waals surface area contributed by atoms with E-state index >= 15 is 0 Å². The second-order valence-electron chi connectivity index (χ2n) is 3.45. The van der Waals surface area contributed by atoms with E-state index < -0.39 is 0 Å². The number of ether oxygens (including phenoxy) is 1. The minimum absolute atomic E-state index is 0.547. The van der Waals surface area contributed by atoms with Crippen LogP contribution in [0.15, 0.2) is 30.6 Å². The lowest BCUT2D eigenvalue weighted by Crippen LogP contribution is -2.13. The van der Waals surface area contributed by atoms with Gasteiger partial charge in [-0.2, -0.15) is 5.10 Å². The molecule has 1 heterocycles. The van der Waals surface area contributed by atoms with E-state index in [0.29, 0.717) is 17.9 Å². The number of aromatic amines is 1. The monoisotopic (exact) mass is 250 g/mol. The molecule has 0 aliphatic rings. The van der Waals surface area contributed by atoms with Crippen molar-refractivity contribution in [3.05, 3.63) is 40.9 Å². The minimum atomic E-state index is 0.547. The van der Waals surface area contributed by atoms with Crippen molar-refractivity contribution in [3.8, 4) is 5.75 Å². The maximum Gasteiger partial charge on any atom is 0.214 e. The maximum absolute atomic E-state index is 5.43. The topological polar surface area (TPSA) is 54.9 Å². The average Bonchev–Trinajstić information content (AvgIpc) is 2.73. The molecule has 0 radical (unpaired) electrons. The van der Waals surface area contributed by atoms with Crippen LogP contribution in [0.4, 0.5) is 0 Å². The summed E-state index contributed by atoms with van der Waals surface area (Å²) in [6.45, 7) is 3.30. The third-order valence-corrected chi connectivity index (χ3v) is 2.50. The van der Waals surface area contributed by atoms with Crippen molar-refractivity contribution in [2.45, 2.75) is 13.5 Å². The minimum Gasteiger partial charge on any atom is -0.494 e. The van der Waals surface area contributed by atoms with Gasteiger partial charge in [0, 0.05) is 0 Å². The summed E-state index contributed by atoms with van der Waals surface area (Å²) in [4.78, 5) is 0. The molecule has 0 saturated heterocycles. The second-order valence-corrected chi connectivity index (χ2v) is 3.83. The van der Waals surface area contributed by atoms with Gasteiger partial charge in [0.05, 0.1) is 13.2 Å². The highest BCUT2D eigenvalue weighted by Crippen LogP contribution is 2.13. The Morgan fingerprint density at radius 1 is 1.53 bits per heavy atom. The summed E-state index contributed by atoms with van der Waals surface area (Å²) >= 11 is 5.03. The predicted molar refractivity (Wildman–Crippen MR) is 68.1 cm³/mol. The molecule has 0 saturated carbocycles. The van der Waals surface area contributed by atoms with Crippen molar-refractivity contribution in [1.29, 1.82) is 0 Å². The summed E-state index contributed by atoms with van der Waals surface area (Å²) in [5.41, 5.74) is 4.27. The summed E-state index contributed by atoms with van der Waals surface area (Å²) in [5.74, 6) is 0.877. The zero-order chi connectivity index (χ0) is 12.1. The van der Waals surface area contributed by atoms with E-state index in [1.807, 2.05) is 31.2 Å². The van der Waals surface area contributed by atoms with Crippen LogP contribution >= 0.6 is 12.2 Å². The third-order valence-electron chi connectivity index (χ3n) is 2.22. The van der Waals surface area contributed by atoms with Crippen molar-refractivity contribution in [3.63, 3.8) is 0 Å². The van der Waals surface area contributed by atoms with Gasteiger partial charge in [0.2, 0.25) is 4.77 Å². The number of H-pyrrole nitrogens is 1. The van der Waals surface area contributed by atoms with Gasteiger partial charge in [-0.25, -0.2) is 4.68 Å². The normalized spacial score (nSPS) is 10.2. The second kappa shape index (κ2) is 5.49. The van der Waals surface area contributed by atoms with Gasteiger partial charge in [-0.15, -0.1) is 0 Å². The summed E-state index contributed by atoms with van der Waals surface area (Å²) in [6, 6.07) is 7.94. The molecule has 2 aromatic rings. The van der Waals surface area contributed by atoms with E-state index in [4.69, 9.17) is 17.0 Å². The molecule has 0 fully saturated rings. The van der Waals surface area contributed by atoms with Gasteiger partial charge < -0.3 is 10.2 Å². The van der Waals surface area contributed by atoms with Crippen LogP contribution in [0.25, 0.3) is 0 Å². The van der Waals surface area contributed by atoms with E-state index in [1.165, 1.54) is 0 Å².